The first-order valence-electron chi connectivity index (χ1n) is 5.73. The molecular weight excluding hydrogens is 222 g/mol. The fourth-order valence-corrected chi connectivity index (χ4v) is 3.24. The van der Waals surface area contributed by atoms with Gasteiger partial charge in [-0.3, -0.25) is 4.79 Å². The zero-order valence-electron chi connectivity index (χ0n) is 9.32. The number of thiazole rings is 1. The number of hydrogen-bond acceptors (Lipinski definition) is 4. The van der Waals surface area contributed by atoms with Gasteiger partial charge in [0.05, 0.1) is 5.69 Å². The quantitative estimate of drug-likeness (QED) is 0.854. The van der Waals surface area contributed by atoms with Crippen LogP contribution in [0.3, 0.4) is 0 Å². The van der Waals surface area contributed by atoms with Crippen LogP contribution in [-0.2, 0) is 13.0 Å². The third-order valence-corrected chi connectivity index (χ3v) is 4.19. The van der Waals surface area contributed by atoms with Gasteiger partial charge in [0.1, 0.15) is 9.88 Å². The maximum absolute atomic E-state index is 12.2. The van der Waals surface area contributed by atoms with Gasteiger partial charge < -0.3 is 10.2 Å². The Morgan fingerprint density at radius 3 is 3.06 bits per heavy atom. The minimum atomic E-state index is 0.212. The molecule has 5 heteroatoms. The molecule has 0 unspecified atom stereocenters. The molecule has 0 bridgehead atoms. The summed E-state index contributed by atoms with van der Waals surface area (Å²) in [5.41, 5.74) is 1.01. The van der Waals surface area contributed by atoms with Gasteiger partial charge in [-0.15, -0.1) is 11.3 Å². The highest BCUT2D eigenvalue weighted by Gasteiger charge is 2.37. The number of hydrogen-bond donors (Lipinski definition) is 1. The number of aromatic nitrogens is 1. The zero-order chi connectivity index (χ0) is 11.1. The van der Waals surface area contributed by atoms with Crippen molar-refractivity contribution in [3.05, 3.63) is 15.6 Å². The lowest BCUT2D eigenvalue weighted by atomic mass is 10.1. The van der Waals surface area contributed by atoms with Crippen LogP contribution in [0.25, 0.3) is 0 Å². The highest BCUT2D eigenvalue weighted by Crippen LogP contribution is 2.33. The molecule has 0 saturated heterocycles. The van der Waals surface area contributed by atoms with Gasteiger partial charge in [0, 0.05) is 25.6 Å². The fourth-order valence-electron chi connectivity index (χ4n) is 2.16. The standard InChI is InChI=1S/C11H15N3OS/c1-12-6-9-13-8-4-5-14(7-2-3-7)11(15)10(8)16-9/h7,12H,2-6H2,1H3. The van der Waals surface area contributed by atoms with E-state index in [0.717, 1.165) is 35.1 Å². The molecule has 0 spiro atoms. The second kappa shape index (κ2) is 3.82. The van der Waals surface area contributed by atoms with Crippen molar-refractivity contribution in [3.63, 3.8) is 0 Å². The van der Waals surface area contributed by atoms with Crippen LogP contribution in [0.5, 0.6) is 0 Å². The molecule has 16 heavy (non-hydrogen) atoms. The first-order chi connectivity index (χ1) is 7.79. The van der Waals surface area contributed by atoms with E-state index in [1.807, 2.05) is 11.9 Å². The number of amides is 1. The van der Waals surface area contributed by atoms with Gasteiger partial charge >= 0.3 is 0 Å². The van der Waals surface area contributed by atoms with Crippen LogP contribution >= 0.6 is 11.3 Å². The van der Waals surface area contributed by atoms with Crippen LogP contribution in [0.15, 0.2) is 0 Å². The van der Waals surface area contributed by atoms with Gasteiger partial charge in [-0.2, -0.15) is 0 Å². The first kappa shape index (κ1) is 10.2. The maximum atomic E-state index is 12.2. The molecule has 0 aromatic carbocycles. The summed E-state index contributed by atoms with van der Waals surface area (Å²) in [6, 6.07) is 0.524. The van der Waals surface area contributed by atoms with E-state index < -0.39 is 0 Å². The molecular formula is C11H15N3OS. The Morgan fingerprint density at radius 2 is 2.38 bits per heavy atom. The number of rotatable bonds is 3. The molecule has 3 rings (SSSR count). The van der Waals surface area contributed by atoms with Crippen molar-refractivity contribution in [1.82, 2.24) is 15.2 Å². The van der Waals surface area contributed by atoms with E-state index in [-0.39, 0.29) is 5.91 Å². The predicted octanol–water partition coefficient (Wildman–Crippen LogP) is 1.02. The van der Waals surface area contributed by atoms with Gasteiger partial charge in [0.2, 0.25) is 0 Å². The van der Waals surface area contributed by atoms with Gasteiger partial charge in [-0.25, -0.2) is 4.98 Å². The third kappa shape index (κ3) is 1.64. The zero-order valence-corrected chi connectivity index (χ0v) is 10.1. The second-order valence-corrected chi connectivity index (χ2v) is 5.48. The number of nitrogens with one attached hydrogen (secondary N) is 1. The average molecular weight is 237 g/mol. The number of nitrogens with zero attached hydrogens (tertiary/aromatic N) is 2. The molecule has 1 aromatic rings. The minimum absolute atomic E-state index is 0.212. The van der Waals surface area contributed by atoms with E-state index in [1.54, 1.807) is 11.3 Å². The van der Waals surface area contributed by atoms with Crippen molar-refractivity contribution in [2.45, 2.75) is 31.8 Å². The topological polar surface area (TPSA) is 45.2 Å². The fraction of sp³-hybridized carbons (Fsp3) is 0.636. The lowest BCUT2D eigenvalue weighted by Gasteiger charge is -2.25. The Hall–Kier alpha value is -0.940. The van der Waals surface area contributed by atoms with Gasteiger partial charge in [0.25, 0.3) is 5.91 Å². The summed E-state index contributed by atoms with van der Waals surface area (Å²) in [5, 5.41) is 4.10. The smallest absolute Gasteiger partial charge is 0.266 e. The second-order valence-electron chi connectivity index (χ2n) is 4.39. The van der Waals surface area contributed by atoms with Crippen LogP contribution in [0.1, 0.15) is 33.2 Å². The van der Waals surface area contributed by atoms with E-state index in [9.17, 15) is 4.79 Å². The van der Waals surface area contributed by atoms with Gasteiger partial charge in [0.15, 0.2) is 0 Å². The minimum Gasteiger partial charge on any atom is -0.335 e. The van der Waals surface area contributed by atoms with E-state index in [0.29, 0.717) is 6.04 Å². The highest BCUT2D eigenvalue weighted by molar-refractivity contribution is 7.13. The Bertz CT molecular complexity index is 425. The normalized spacial score (nSPS) is 20.1. The average Bonchev–Trinajstić information content (AvgIpc) is 3.01. The summed E-state index contributed by atoms with van der Waals surface area (Å²) in [6.45, 7) is 1.62. The first-order valence-corrected chi connectivity index (χ1v) is 6.55. The van der Waals surface area contributed by atoms with E-state index in [1.165, 1.54) is 12.8 Å². The van der Waals surface area contributed by atoms with Gasteiger partial charge in [-0.1, -0.05) is 0 Å². The lowest BCUT2D eigenvalue weighted by molar-refractivity contribution is 0.0731. The van der Waals surface area contributed by atoms with Gasteiger partial charge in [-0.05, 0) is 19.9 Å². The monoisotopic (exact) mass is 237 g/mol. The molecule has 0 atom stereocenters. The molecule has 1 aliphatic carbocycles. The summed E-state index contributed by atoms with van der Waals surface area (Å²) >= 11 is 1.55. The van der Waals surface area contributed by atoms with Crippen molar-refractivity contribution in [1.29, 1.82) is 0 Å². The maximum Gasteiger partial charge on any atom is 0.266 e. The molecule has 0 radical (unpaired) electrons. The van der Waals surface area contributed by atoms with E-state index in [2.05, 4.69) is 10.3 Å². The summed E-state index contributed by atoms with van der Waals surface area (Å²) in [7, 11) is 1.90. The van der Waals surface area contributed by atoms with E-state index in [4.69, 9.17) is 0 Å². The number of fused-ring (bicyclic) bond motifs is 1. The van der Waals surface area contributed by atoms with Crippen LogP contribution in [0, 0.1) is 0 Å². The Morgan fingerprint density at radius 1 is 1.56 bits per heavy atom. The van der Waals surface area contributed by atoms with Crippen LogP contribution < -0.4 is 5.32 Å². The third-order valence-electron chi connectivity index (χ3n) is 3.10. The SMILES string of the molecule is CNCc1nc2c(s1)C(=O)N(C1CC1)CC2. The lowest BCUT2D eigenvalue weighted by Crippen LogP contribution is -2.38. The molecule has 1 aliphatic heterocycles. The molecule has 1 saturated carbocycles. The molecule has 1 aromatic heterocycles. The molecule has 2 heterocycles. The number of carbonyl (C=O) groups is 1. The highest BCUT2D eigenvalue weighted by atomic mass is 32.1. The van der Waals surface area contributed by atoms with Crippen molar-refractivity contribution in [2.24, 2.45) is 0 Å². The Balaban J connectivity index is 1.87. The molecule has 1 fully saturated rings. The summed E-state index contributed by atoms with van der Waals surface area (Å²) in [5.74, 6) is 0.212. The van der Waals surface area contributed by atoms with Crippen molar-refractivity contribution >= 4 is 17.2 Å². The predicted molar refractivity (Wildman–Crippen MR) is 62.6 cm³/mol. The molecule has 86 valence electrons. The van der Waals surface area contributed by atoms with E-state index >= 15 is 0 Å². The largest absolute Gasteiger partial charge is 0.335 e. The van der Waals surface area contributed by atoms with Crippen LogP contribution in [0.2, 0.25) is 0 Å². The van der Waals surface area contributed by atoms with Crippen LogP contribution in [-0.4, -0.2) is 35.4 Å². The van der Waals surface area contributed by atoms with Crippen LogP contribution in [0.4, 0.5) is 0 Å². The Kier molecular flexibility index (Phi) is 2.44. The van der Waals surface area contributed by atoms with Crippen molar-refractivity contribution < 1.29 is 4.79 Å². The molecule has 4 nitrogen and oxygen atoms in total. The number of carbonyl (C=O) groups excluding carboxylic acids is 1. The Labute approximate surface area is 98.7 Å². The molecule has 2 aliphatic rings. The summed E-state index contributed by atoms with van der Waals surface area (Å²) < 4.78 is 0. The molecule has 1 amide bonds. The summed E-state index contributed by atoms with van der Waals surface area (Å²) in [6.07, 6.45) is 3.30. The molecule has 1 N–H and O–H groups in total. The van der Waals surface area contributed by atoms with Crippen molar-refractivity contribution in [3.8, 4) is 0 Å². The van der Waals surface area contributed by atoms with Crippen molar-refractivity contribution in [2.75, 3.05) is 13.6 Å². The summed E-state index contributed by atoms with van der Waals surface area (Å²) in [4.78, 5) is 19.6.